The third-order valence-electron chi connectivity index (χ3n) is 2.02. The van der Waals surface area contributed by atoms with Crippen molar-refractivity contribution >= 4 is 23.4 Å². The summed E-state index contributed by atoms with van der Waals surface area (Å²) in [5.41, 5.74) is 0. The molecule has 0 spiro atoms. The van der Waals surface area contributed by atoms with E-state index in [1.165, 1.54) is 11.3 Å². The van der Waals surface area contributed by atoms with Crippen LogP contribution in [0.3, 0.4) is 0 Å². The van der Waals surface area contributed by atoms with E-state index in [9.17, 15) is 0 Å². The Labute approximate surface area is 102 Å². The van der Waals surface area contributed by atoms with Crippen molar-refractivity contribution in [3.05, 3.63) is 29.3 Å². The van der Waals surface area contributed by atoms with Crippen molar-refractivity contribution in [1.29, 1.82) is 0 Å². The first kappa shape index (κ1) is 12.9. The van der Waals surface area contributed by atoms with Gasteiger partial charge in [0.2, 0.25) is 0 Å². The molecular formula is C12H18ClNS. The average Bonchev–Trinajstić information content (AvgIpc) is 2.22. The normalized spacial score (nSPS) is 12.7. The fourth-order valence-corrected chi connectivity index (χ4v) is 2.52. The molecule has 0 saturated heterocycles. The van der Waals surface area contributed by atoms with Crippen LogP contribution in [0.4, 0.5) is 0 Å². The van der Waals surface area contributed by atoms with E-state index < -0.39 is 0 Å². The fourth-order valence-electron chi connectivity index (χ4n) is 1.28. The van der Waals surface area contributed by atoms with Gasteiger partial charge in [0.1, 0.15) is 0 Å². The maximum absolute atomic E-state index is 6.09. The lowest BCUT2D eigenvalue weighted by Gasteiger charge is -2.12. The number of benzene rings is 1. The number of hydrogen-bond acceptors (Lipinski definition) is 2. The first-order valence-corrected chi connectivity index (χ1v) is 6.61. The zero-order valence-corrected chi connectivity index (χ0v) is 10.9. The third-order valence-corrected chi connectivity index (χ3v) is 3.64. The van der Waals surface area contributed by atoms with Gasteiger partial charge in [0.25, 0.3) is 0 Å². The number of rotatable bonds is 6. The van der Waals surface area contributed by atoms with Gasteiger partial charge >= 0.3 is 0 Å². The maximum Gasteiger partial charge on any atom is 0.0541 e. The summed E-state index contributed by atoms with van der Waals surface area (Å²) in [6.45, 7) is 6.52. The molecule has 0 amide bonds. The van der Waals surface area contributed by atoms with Crippen LogP contribution < -0.4 is 5.32 Å². The van der Waals surface area contributed by atoms with Crippen LogP contribution in [0.5, 0.6) is 0 Å². The first-order chi connectivity index (χ1) is 7.24. The molecule has 0 fully saturated rings. The van der Waals surface area contributed by atoms with Crippen LogP contribution in [0.2, 0.25) is 5.02 Å². The summed E-state index contributed by atoms with van der Waals surface area (Å²) in [5, 5.41) is 4.81. The summed E-state index contributed by atoms with van der Waals surface area (Å²) in [4.78, 5) is 1.17. The van der Waals surface area contributed by atoms with Gasteiger partial charge in [-0.3, -0.25) is 0 Å². The van der Waals surface area contributed by atoms with Crippen molar-refractivity contribution in [2.75, 3.05) is 13.1 Å². The molecule has 3 heteroatoms. The van der Waals surface area contributed by atoms with Gasteiger partial charge in [-0.15, -0.1) is 11.8 Å². The quantitative estimate of drug-likeness (QED) is 0.602. The summed E-state index contributed by atoms with van der Waals surface area (Å²) in [6.07, 6.45) is 1.18. The molecular weight excluding hydrogens is 226 g/mol. The Balaban J connectivity index is 2.37. The van der Waals surface area contributed by atoms with E-state index in [2.05, 4.69) is 25.2 Å². The van der Waals surface area contributed by atoms with Gasteiger partial charge in [-0.2, -0.15) is 0 Å². The van der Waals surface area contributed by atoms with Crippen molar-refractivity contribution in [3.8, 4) is 0 Å². The lowest BCUT2D eigenvalue weighted by Crippen LogP contribution is -2.23. The van der Waals surface area contributed by atoms with E-state index in [0.717, 1.165) is 18.1 Å². The minimum Gasteiger partial charge on any atom is -0.316 e. The Morgan fingerprint density at radius 2 is 2.13 bits per heavy atom. The van der Waals surface area contributed by atoms with E-state index >= 15 is 0 Å². The predicted octanol–water partition coefficient (Wildman–Crippen LogP) is 3.82. The molecule has 0 saturated carbocycles. The number of thioether (sulfide) groups is 1. The van der Waals surface area contributed by atoms with Gasteiger partial charge in [0.15, 0.2) is 0 Å². The zero-order chi connectivity index (χ0) is 11.1. The first-order valence-electron chi connectivity index (χ1n) is 5.36. The van der Waals surface area contributed by atoms with Crippen LogP contribution >= 0.6 is 23.4 Å². The molecule has 0 aliphatic heterocycles. The third kappa shape index (κ3) is 4.92. The Morgan fingerprint density at radius 3 is 2.80 bits per heavy atom. The lowest BCUT2D eigenvalue weighted by atomic mass is 10.4. The van der Waals surface area contributed by atoms with Crippen molar-refractivity contribution in [2.45, 2.75) is 30.4 Å². The molecule has 0 aromatic heterocycles. The Hall–Kier alpha value is -0.180. The van der Waals surface area contributed by atoms with Crippen molar-refractivity contribution in [2.24, 2.45) is 0 Å². The van der Waals surface area contributed by atoms with Gasteiger partial charge in [-0.05, 0) is 25.1 Å². The summed E-state index contributed by atoms with van der Waals surface area (Å²) < 4.78 is 0. The molecule has 0 bridgehead atoms. The second-order valence-corrected chi connectivity index (χ2v) is 5.45. The van der Waals surface area contributed by atoms with Crippen LogP contribution in [0.15, 0.2) is 29.2 Å². The van der Waals surface area contributed by atoms with Crippen LogP contribution in [-0.4, -0.2) is 18.3 Å². The summed E-state index contributed by atoms with van der Waals surface area (Å²) in [6, 6.07) is 8.01. The van der Waals surface area contributed by atoms with Gasteiger partial charge in [0.05, 0.1) is 5.02 Å². The molecule has 0 aliphatic carbocycles. The summed E-state index contributed by atoms with van der Waals surface area (Å²) in [5.74, 6) is 0. The van der Waals surface area contributed by atoms with Crippen LogP contribution in [-0.2, 0) is 0 Å². The minimum atomic E-state index is 0.552. The minimum absolute atomic E-state index is 0.552. The maximum atomic E-state index is 6.09. The smallest absolute Gasteiger partial charge is 0.0541 e. The molecule has 15 heavy (non-hydrogen) atoms. The van der Waals surface area contributed by atoms with E-state index in [0.29, 0.717) is 5.25 Å². The molecule has 1 rings (SSSR count). The van der Waals surface area contributed by atoms with Gasteiger partial charge in [-0.25, -0.2) is 0 Å². The lowest BCUT2D eigenvalue weighted by molar-refractivity contribution is 0.669. The zero-order valence-electron chi connectivity index (χ0n) is 9.29. The van der Waals surface area contributed by atoms with E-state index in [4.69, 9.17) is 11.6 Å². The summed E-state index contributed by atoms with van der Waals surface area (Å²) in [7, 11) is 0. The highest BCUT2D eigenvalue weighted by atomic mass is 35.5. The fraction of sp³-hybridized carbons (Fsp3) is 0.500. The Kier molecular flexibility index (Phi) is 6.15. The van der Waals surface area contributed by atoms with Crippen molar-refractivity contribution in [3.63, 3.8) is 0 Å². The van der Waals surface area contributed by atoms with Gasteiger partial charge in [0, 0.05) is 16.7 Å². The van der Waals surface area contributed by atoms with Gasteiger partial charge < -0.3 is 5.32 Å². The molecule has 1 atom stereocenters. The molecule has 1 nitrogen and oxygen atoms in total. The predicted molar refractivity (Wildman–Crippen MR) is 69.9 cm³/mol. The number of hydrogen-bond donors (Lipinski definition) is 1. The van der Waals surface area contributed by atoms with Crippen LogP contribution in [0.25, 0.3) is 0 Å². The molecule has 1 aromatic carbocycles. The van der Waals surface area contributed by atoms with Crippen LogP contribution in [0, 0.1) is 0 Å². The largest absolute Gasteiger partial charge is 0.316 e. The highest BCUT2D eigenvalue weighted by Gasteiger charge is 2.06. The molecule has 1 unspecified atom stereocenters. The SMILES string of the molecule is CCCNCC(C)Sc1ccccc1Cl. The standard InChI is InChI=1S/C12H18ClNS/c1-3-8-14-9-10(2)15-12-7-5-4-6-11(12)13/h4-7,10,14H,3,8-9H2,1-2H3. The Bertz CT molecular complexity index is 291. The average molecular weight is 244 g/mol. The van der Waals surface area contributed by atoms with E-state index in [-0.39, 0.29) is 0 Å². The van der Waals surface area contributed by atoms with Gasteiger partial charge in [-0.1, -0.05) is 37.6 Å². The van der Waals surface area contributed by atoms with Crippen LogP contribution in [0.1, 0.15) is 20.3 Å². The van der Waals surface area contributed by atoms with Crippen molar-refractivity contribution in [1.82, 2.24) is 5.32 Å². The van der Waals surface area contributed by atoms with E-state index in [1.807, 2.05) is 30.0 Å². The highest BCUT2D eigenvalue weighted by Crippen LogP contribution is 2.29. The summed E-state index contributed by atoms with van der Waals surface area (Å²) >= 11 is 7.91. The second kappa shape index (κ2) is 7.15. The highest BCUT2D eigenvalue weighted by molar-refractivity contribution is 8.00. The molecule has 1 N–H and O–H groups in total. The molecule has 0 aliphatic rings. The van der Waals surface area contributed by atoms with Crippen molar-refractivity contribution < 1.29 is 0 Å². The molecule has 0 radical (unpaired) electrons. The van der Waals surface area contributed by atoms with E-state index in [1.54, 1.807) is 0 Å². The molecule has 84 valence electrons. The Morgan fingerprint density at radius 1 is 1.40 bits per heavy atom. The monoisotopic (exact) mass is 243 g/mol. The molecule has 1 aromatic rings. The second-order valence-electron chi connectivity index (χ2n) is 3.56. The number of nitrogens with one attached hydrogen (secondary N) is 1. The topological polar surface area (TPSA) is 12.0 Å². The number of halogens is 1. The molecule has 0 heterocycles.